The molecule has 126 valence electrons. The number of benzene rings is 2. The quantitative estimate of drug-likeness (QED) is 0.927. The molecule has 0 bridgehead atoms. The van der Waals surface area contributed by atoms with E-state index >= 15 is 0 Å². The highest BCUT2D eigenvalue weighted by atomic mass is 19.1. The molecule has 0 spiro atoms. The van der Waals surface area contributed by atoms with Crippen molar-refractivity contribution in [2.24, 2.45) is 5.89 Å². The molecule has 1 unspecified atom stereocenters. The monoisotopic (exact) mass is 340 g/mol. The van der Waals surface area contributed by atoms with E-state index in [2.05, 4.69) is 5.32 Å². The number of halogens is 1. The second-order valence-electron chi connectivity index (χ2n) is 5.09. The highest BCUT2D eigenvalue weighted by molar-refractivity contribution is 5.46. The molecule has 2 aliphatic heterocycles. The van der Waals surface area contributed by atoms with E-state index in [1.54, 1.807) is 0 Å². The molecule has 2 aliphatic rings. The molecule has 2 heterocycles. The molecule has 4 rings (SSSR count). The summed E-state index contributed by atoms with van der Waals surface area (Å²) >= 11 is 0. The first-order valence-corrected chi connectivity index (χ1v) is 7.18. The average Bonchev–Trinajstić information content (AvgIpc) is 3.05. The van der Waals surface area contributed by atoms with Gasteiger partial charge in [-0.2, -0.15) is 0 Å². The molecule has 2 aromatic carbocycles. The summed E-state index contributed by atoms with van der Waals surface area (Å²) in [5, 5.41) is 2.62. The first-order chi connectivity index (χ1) is 16.0. The van der Waals surface area contributed by atoms with Gasteiger partial charge in [0.05, 0.1) is 14.8 Å². The second-order valence-corrected chi connectivity index (χ2v) is 5.09. The largest absolute Gasteiger partial charge is 0.493 e. The lowest BCUT2D eigenvalue weighted by Gasteiger charge is -2.32. The van der Waals surface area contributed by atoms with Gasteiger partial charge in [-0.15, -0.1) is 0 Å². The van der Waals surface area contributed by atoms with Gasteiger partial charge in [-0.05, 0) is 48.6 Å². The molecule has 0 saturated carbocycles. The van der Waals surface area contributed by atoms with Gasteiger partial charge in [-0.3, -0.25) is 0 Å². The number of hydrogen-bond acceptors (Lipinski definition) is 4. The van der Waals surface area contributed by atoms with E-state index in [0.29, 0.717) is 0 Å². The topological polar surface area (TPSA) is 39.7 Å². The van der Waals surface area contributed by atoms with Gasteiger partial charge in [0.25, 0.3) is 0 Å². The van der Waals surface area contributed by atoms with Crippen LogP contribution in [-0.4, -0.2) is 26.4 Å². The van der Waals surface area contributed by atoms with Crippen molar-refractivity contribution >= 4 is 0 Å². The molecule has 0 radical (unpaired) electrons. The minimum absolute atomic E-state index is 0.0343. The van der Waals surface area contributed by atoms with Gasteiger partial charge in [0.2, 0.25) is 6.75 Å². The number of hydrogen-bond donors (Lipinski definition) is 1. The first kappa shape index (κ1) is 7.31. The van der Waals surface area contributed by atoms with Gasteiger partial charge in [-0.25, -0.2) is 4.39 Å². The molecular weight excluding hydrogens is 309 g/mol. The van der Waals surface area contributed by atoms with Crippen molar-refractivity contribution in [3.8, 4) is 17.2 Å². The van der Waals surface area contributed by atoms with Crippen LogP contribution in [0.4, 0.5) is 4.39 Å². The van der Waals surface area contributed by atoms with E-state index in [0.717, 1.165) is 6.07 Å². The predicted octanol–water partition coefficient (Wildman–Crippen LogP) is 3.33. The Kier molecular flexibility index (Phi) is 2.04. The van der Waals surface area contributed by atoms with E-state index < -0.39 is 80.1 Å². The third-order valence-electron chi connectivity index (χ3n) is 3.52. The van der Waals surface area contributed by atoms with Crippen LogP contribution in [-0.2, 0) is 0 Å². The van der Waals surface area contributed by atoms with Crippen LogP contribution >= 0.6 is 0 Å². The third-order valence-corrected chi connectivity index (χ3v) is 3.52. The van der Waals surface area contributed by atoms with E-state index in [1.165, 1.54) is 12.1 Å². The number of ether oxygens (including phenoxy) is 3. The molecule has 2 atom stereocenters. The Morgan fingerprint density at radius 3 is 3.04 bits per heavy atom. The van der Waals surface area contributed by atoms with Crippen molar-refractivity contribution in [2.45, 2.75) is 12.3 Å². The summed E-state index contributed by atoms with van der Waals surface area (Å²) in [6, 6.07) is -0.282. The summed E-state index contributed by atoms with van der Waals surface area (Å²) in [6.07, 6.45) is -2.45. The fourth-order valence-corrected chi connectivity index (χ4v) is 2.37. The zero-order valence-electron chi connectivity index (χ0n) is 23.3. The zero-order valence-corrected chi connectivity index (χ0v) is 12.3. The summed E-state index contributed by atoms with van der Waals surface area (Å²) < 4.78 is 120. The van der Waals surface area contributed by atoms with Crippen molar-refractivity contribution in [2.75, 3.05) is 26.4 Å². The molecule has 0 amide bonds. The van der Waals surface area contributed by atoms with Crippen molar-refractivity contribution in [1.29, 1.82) is 0 Å². The Morgan fingerprint density at radius 1 is 1.33 bits per heavy atom. The van der Waals surface area contributed by atoms with Crippen molar-refractivity contribution < 1.29 is 33.7 Å². The fourth-order valence-electron chi connectivity index (χ4n) is 2.37. The predicted molar refractivity (Wildman–Crippen MR) is 88.2 cm³/mol. The van der Waals surface area contributed by atoms with Gasteiger partial charge in [0.1, 0.15) is 14.3 Å². The highest BCUT2D eigenvalue weighted by Gasteiger charge is 2.27. The minimum Gasteiger partial charge on any atom is -0.493 e. The van der Waals surface area contributed by atoms with Gasteiger partial charge < -0.3 is 19.5 Å². The van der Waals surface area contributed by atoms with Gasteiger partial charge in [0, 0.05) is 22.6 Å². The van der Waals surface area contributed by atoms with Crippen LogP contribution in [0.25, 0.3) is 0 Å². The Morgan fingerprint density at radius 2 is 2.17 bits per heavy atom. The standard InChI is InChI=1S/C19H20FNO3/c20-15-3-1-13(2-4-15)17-7-8-21-10-14(17)11-22-16-5-6-18-19(9-16)24-12-23-18/h1-6,9,14,17,21H,7-8,10-12H2/t14?,17-/m0/s1/i1D,2D,3D,4D,7D2,11D2,12D2,14D. The van der Waals surface area contributed by atoms with Crippen molar-refractivity contribution in [1.82, 2.24) is 5.32 Å². The molecule has 5 heteroatoms. The number of fused-ring (bicyclic) bond motifs is 1. The maximum atomic E-state index is 14.2. The van der Waals surface area contributed by atoms with Crippen molar-refractivity contribution in [3.63, 3.8) is 0 Å². The second kappa shape index (κ2) is 6.69. The van der Waals surface area contributed by atoms with Gasteiger partial charge in [-0.1, -0.05) is 12.1 Å². The Labute approximate surface area is 156 Å². The highest BCUT2D eigenvalue weighted by Crippen LogP contribution is 2.36. The molecular formula is C19H20FNO3. The third kappa shape index (κ3) is 3.17. The number of nitrogens with one attached hydrogen (secondary N) is 1. The maximum Gasteiger partial charge on any atom is 0.231 e. The number of rotatable bonds is 4. The smallest absolute Gasteiger partial charge is 0.231 e. The van der Waals surface area contributed by atoms with Gasteiger partial charge in [0.15, 0.2) is 11.5 Å². The molecule has 4 nitrogen and oxygen atoms in total. The molecule has 0 aromatic heterocycles. The summed E-state index contributed by atoms with van der Waals surface area (Å²) in [5.74, 6) is -6.16. The van der Waals surface area contributed by atoms with Crippen LogP contribution in [0.15, 0.2) is 42.4 Å². The molecule has 1 N–H and O–H groups in total. The van der Waals surface area contributed by atoms with Crippen LogP contribution in [0.3, 0.4) is 0 Å². The fraction of sp³-hybridized carbons (Fsp3) is 0.368. The maximum absolute atomic E-state index is 14.2. The van der Waals surface area contributed by atoms with Crippen LogP contribution in [0, 0.1) is 11.7 Å². The summed E-state index contributed by atoms with van der Waals surface area (Å²) in [6.45, 7) is -6.36. The molecule has 1 saturated heterocycles. The van der Waals surface area contributed by atoms with Crippen LogP contribution in [0.1, 0.15) is 32.9 Å². The van der Waals surface area contributed by atoms with Crippen LogP contribution in [0.2, 0.25) is 0 Å². The van der Waals surface area contributed by atoms with E-state index in [4.69, 9.17) is 29.3 Å². The van der Waals surface area contributed by atoms with E-state index in [9.17, 15) is 4.39 Å². The SMILES string of the molecule is [2H]c1c([2H])c([C@@H]2C([2H])([2H])CNCC2([2H])C([2H])([2H])Oc2ccc3c(c2)OC([2H])([2H])O3)c([2H])c([2H])c1F. The summed E-state index contributed by atoms with van der Waals surface area (Å²) in [7, 11) is 0. The van der Waals surface area contributed by atoms with Crippen molar-refractivity contribution in [3.05, 3.63) is 53.7 Å². The minimum atomic E-state index is -3.01. The Bertz CT molecular complexity index is 1170. The lowest BCUT2D eigenvalue weighted by atomic mass is 9.81. The molecule has 2 aromatic rings. The Hall–Kier alpha value is -2.27. The lowest BCUT2D eigenvalue weighted by molar-refractivity contribution is 0.173. The van der Waals surface area contributed by atoms with E-state index in [1.807, 2.05) is 0 Å². The number of piperidine rings is 1. The lowest BCUT2D eigenvalue weighted by Crippen LogP contribution is -2.38. The van der Waals surface area contributed by atoms with Crippen LogP contribution < -0.4 is 19.5 Å². The molecule has 24 heavy (non-hydrogen) atoms. The normalized spacial score (nSPS) is 36.9. The first-order valence-electron chi connectivity index (χ1n) is 12.7. The molecule has 0 aliphatic carbocycles. The average molecular weight is 340 g/mol. The Balaban J connectivity index is 1.80. The van der Waals surface area contributed by atoms with E-state index in [-0.39, 0.29) is 17.2 Å². The van der Waals surface area contributed by atoms with Crippen LogP contribution in [0.5, 0.6) is 17.2 Å². The summed E-state index contributed by atoms with van der Waals surface area (Å²) in [5.41, 5.74) is -0.630. The zero-order chi connectivity index (χ0) is 26.1. The molecule has 1 fully saturated rings. The summed E-state index contributed by atoms with van der Waals surface area (Å²) in [4.78, 5) is 0. The van der Waals surface area contributed by atoms with Gasteiger partial charge >= 0.3 is 0 Å².